The van der Waals surface area contributed by atoms with Crippen LogP contribution in [0.25, 0.3) is 0 Å². The molecule has 32 heavy (non-hydrogen) atoms. The first kappa shape index (κ1) is 25.1. The molecule has 0 unspecified atom stereocenters. The van der Waals surface area contributed by atoms with Crippen molar-refractivity contribution >= 4 is 17.1 Å². The monoisotopic (exact) mass is 428 g/mol. The Morgan fingerprint density at radius 1 is 0.781 bits per heavy atom. The zero-order valence-corrected chi connectivity index (χ0v) is 20.9. The van der Waals surface area contributed by atoms with Gasteiger partial charge in [-0.1, -0.05) is 76.2 Å². The molecule has 0 saturated carbocycles. The van der Waals surface area contributed by atoms with E-state index in [0.29, 0.717) is 0 Å². The highest BCUT2D eigenvalue weighted by atomic mass is 16.5. The van der Waals surface area contributed by atoms with Crippen molar-refractivity contribution in [3.8, 4) is 0 Å². The summed E-state index contributed by atoms with van der Waals surface area (Å²) in [7, 11) is 0. The third-order valence-corrected chi connectivity index (χ3v) is 5.32. The van der Waals surface area contributed by atoms with Gasteiger partial charge in [-0.2, -0.15) is 4.58 Å². The predicted molar refractivity (Wildman–Crippen MR) is 141 cm³/mol. The molecule has 0 atom stereocenters. The predicted octanol–water partition coefficient (Wildman–Crippen LogP) is 8.63. The third-order valence-electron chi connectivity index (χ3n) is 5.32. The average Bonchev–Trinajstić information content (AvgIpc) is 3.03. The Labute approximate surface area is 195 Å². The van der Waals surface area contributed by atoms with Gasteiger partial charge in [-0.25, -0.2) is 0 Å². The van der Waals surface area contributed by atoms with Gasteiger partial charge in [0.15, 0.2) is 5.71 Å². The molecule has 2 nitrogen and oxygen atoms in total. The summed E-state index contributed by atoms with van der Waals surface area (Å²) in [5.74, 6) is 1.85. The number of rotatable bonds is 3. The molecule has 2 aromatic rings. The lowest BCUT2D eigenvalue weighted by atomic mass is 9.81. The zero-order valence-electron chi connectivity index (χ0n) is 20.9. The van der Waals surface area contributed by atoms with E-state index in [1.165, 1.54) is 22.6 Å². The SMILES string of the molecule is CC.CC.CC1=CC(=C/C=C/C2=[N+](c3ccccc3)c3ccccc3C2(C)C)C=C(C)O1. The van der Waals surface area contributed by atoms with Crippen LogP contribution in [-0.4, -0.2) is 5.71 Å². The van der Waals surface area contributed by atoms with Crippen molar-refractivity contribution in [3.63, 3.8) is 0 Å². The summed E-state index contributed by atoms with van der Waals surface area (Å²) in [5, 5.41) is 0. The second kappa shape index (κ2) is 11.5. The lowest BCUT2D eigenvalue weighted by Crippen LogP contribution is -2.27. The van der Waals surface area contributed by atoms with Crippen molar-refractivity contribution in [1.82, 2.24) is 4.58 Å². The first-order valence-corrected chi connectivity index (χ1v) is 11.7. The molecule has 0 fully saturated rings. The lowest BCUT2D eigenvalue weighted by Gasteiger charge is -2.15. The molecule has 0 saturated heterocycles. The highest BCUT2D eigenvalue weighted by molar-refractivity contribution is 6.10. The van der Waals surface area contributed by atoms with Crippen LogP contribution in [0.15, 0.2) is 102 Å². The summed E-state index contributed by atoms with van der Waals surface area (Å²) in [6.07, 6.45) is 10.6. The summed E-state index contributed by atoms with van der Waals surface area (Å²) in [6.45, 7) is 16.6. The molecule has 0 aromatic heterocycles. The van der Waals surface area contributed by atoms with Crippen molar-refractivity contribution in [2.75, 3.05) is 0 Å². The number of hydrogen-bond donors (Lipinski definition) is 0. The van der Waals surface area contributed by atoms with E-state index in [2.05, 4.69) is 103 Å². The molecule has 0 bridgehead atoms. The van der Waals surface area contributed by atoms with Crippen LogP contribution in [0.5, 0.6) is 0 Å². The number of hydrogen-bond acceptors (Lipinski definition) is 1. The normalized spacial score (nSPS) is 16.1. The molecule has 0 radical (unpaired) electrons. The molecule has 168 valence electrons. The standard InChI is InChI=1S/C26H26NO.2C2H6/c1-19-17-21(18-20(2)28-19)11-10-16-25-26(3,4)23-14-8-9-15-24(23)27(25)22-12-6-5-7-13-22;2*1-2/h5-18H,1-4H3;2*1-2H3/q+1;;/b16-10+;;. The van der Waals surface area contributed by atoms with Crippen LogP contribution < -0.4 is 4.58 Å². The summed E-state index contributed by atoms with van der Waals surface area (Å²) in [6, 6.07) is 19.3. The van der Waals surface area contributed by atoms with Gasteiger partial charge in [0.2, 0.25) is 11.4 Å². The summed E-state index contributed by atoms with van der Waals surface area (Å²) in [5.41, 5.74) is 6.13. The van der Waals surface area contributed by atoms with Crippen LogP contribution in [0.1, 0.15) is 61.0 Å². The van der Waals surface area contributed by atoms with Crippen LogP contribution in [0.2, 0.25) is 0 Å². The Bertz CT molecular complexity index is 1040. The van der Waals surface area contributed by atoms with Gasteiger partial charge in [0, 0.05) is 29.8 Å². The summed E-state index contributed by atoms with van der Waals surface area (Å²) in [4.78, 5) is 0. The summed E-state index contributed by atoms with van der Waals surface area (Å²) >= 11 is 0. The molecule has 4 rings (SSSR count). The summed E-state index contributed by atoms with van der Waals surface area (Å²) < 4.78 is 7.96. The van der Waals surface area contributed by atoms with Gasteiger partial charge in [0.05, 0.1) is 5.41 Å². The number of para-hydroxylation sites is 2. The minimum Gasteiger partial charge on any atom is -0.467 e. The number of allylic oxidation sites excluding steroid dienone is 8. The van der Waals surface area contributed by atoms with Crippen molar-refractivity contribution in [1.29, 1.82) is 0 Å². The molecule has 2 heteroatoms. The Morgan fingerprint density at radius 2 is 1.34 bits per heavy atom. The maximum absolute atomic E-state index is 5.59. The van der Waals surface area contributed by atoms with E-state index in [4.69, 9.17) is 4.74 Å². The maximum Gasteiger partial charge on any atom is 0.215 e. The smallest absolute Gasteiger partial charge is 0.215 e. The molecule has 0 amide bonds. The van der Waals surface area contributed by atoms with Crippen molar-refractivity contribution in [2.45, 2.75) is 60.8 Å². The first-order valence-electron chi connectivity index (χ1n) is 11.7. The first-order chi connectivity index (χ1) is 15.5. The van der Waals surface area contributed by atoms with Crippen LogP contribution >= 0.6 is 0 Å². The van der Waals surface area contributed by atoms with Gasteiger partial charge in [-0.05, 0) is 45.4 Å². The van der Waals surface area contributed by atoms with Gasteiger partial charge in [0.1, 0.15) is 11.5 Å². The Morgan fingerprint density at radius 3 is 1.97 bits per heavy atom. The van der Waals surface area contributed by atoms with Gasteiger partial charge in [-0.3, -0.25) is 0 Å². The van der Waals surface area contributed by atoms with Crippen molar-refractivity contribution in [2.24, 2.45) is 0 Å². The second-order valence-corrected chi connectivity index (χ2v) is 7.84. The number of nitrogens with zero attached hydrogens (tertiary/aromatic N) is 1. The van der Waals surface area contributed by atoms with Crippen LogP contribution in [0, 0.1) is 0 Å². The fraction of sp³-hybridized carbons (Fsp3) is 0.300. The largest absolute Gasteiger partial charge is 0.467 e. The van der Waals surface area contributed by atoms with E-state index in [1.54, 1.807) is 0 Å². The number of benzene rings is 2. The fourth-order valence-electron chi connectivity index (χ4n) is 4.05. The average molecular weight is 429 g/mol. The van der Waals surface area contributed by atoms with Crippen molar-refractivity contribution < 1.29 is 4.74 Å². The molecular formula is C30H38NO+. The van der Waals surface area contributed by atoms with Gasteiger partial charge >= 0.3 is 0 Å². The molecule has 2 aliphatic heterocycles. The highest BCUT2D eigenvalue weighted by Crippen LogP contribution is 2.41. The zero-order chi connectivity index (χ0) is 23.7. The molecular weight excluding hydrogens is 390 g/mol. The molecule has 0 N–H and O–H groups in total. The van der Waals surface area contributed by atoms with Crippen LogP contribution in [0.4, 0.5) is 11.4 Å². The Balaban J connectivity index is 0.000000860. The molecule has 0 aliphatic carbocycles. The highest BCUT2D eigenvalue weighted by Gasteiger charge is 2.44. The van der Waals surface area contributed by atoms with E-state index in [9.17, 15) is 0 Å². The Kier molecular flexibility index (Phi) is 9.02. The van der Waals surface area contributed by atoms with Gasteiger partial charge in [-0.15, -0.1) is 0 Å². The van der Waals surface area contributed by atoms with E-state index >= 15 is 0 Å². The third kappa shape index (κ3) is 5.37. The van der Waals surface area contributed by atoms with E-state index in [0.717, 1.165) is 17.1 Å². The van der Waals surface area contributed by atoms with Gasteiger partial charge < -0.3 is 4.74 Å². The second-order valence-electron chi connectivity index (χ2n) is 7.84. The number of ether oxygens (including phenoxy) is 1. The van der Waals surface area contributed by atoms with Crippen LogP contribution in [-0.2, 0) is 10.2 Å². The van der Waals surface area contributed by atoms with Crippen molar-refractivity contribution in [3.05, 3.63) is 108 Å². The minimum absolute atomic E-state index is 0.0748. The van der Waals surface area contributed by atoms with E-state index in [1.807, 2.05) is 41.5 Å². The quantitative estimate of drug-likeness (QED) is 0.446. The minimum atomic E-state index is -0.0748. The fourth-order valence-corrected chi connectivity index (χ4v) is 4.05. The van der Waals surface area contributed by atoms with E-state index in [-0.39, 0.29) is 5.41 Å². The lowest BCUT2D eigenvalue weighted by molar-refractivity contribution is 0.304. The topological polar surface area (TPSA) is 12.2 Å². The van der Waals surface area contributed by atoms with E-state index < -0.39 is 0 Å². The maximum atomic E-state index is 5.59. The van der Waals surface area contributed by atoms with Gasteiger partial charge in [0.25, 0.3) is 0 Å². The molecule has 0 spiro atoms. The van der Waals surface area contributed by atoms with Crippen LogP contribution in [0.3, 0.4) is 0 Å². The molecule has 2 aliphatic rings. The Hall–Kier alpha value is -3.13. The number of fused-ring (bicyclic) bond motifs is 1. The molecule has 2 heterocycles. The molecule has 2 aromatic carbocycles.